The molecule has 0 aliphatic carbocycles. The molecule has 0 aromatic rings. The molecule has 0 atom stereocenters. The van der Waals surface area contributed by atoms with Crippen LogP contribution in [0.3, 0.4) is 0 Å². The van der Waals surface area contributed by atoms with Crippen LogP contribution >= 0.6 is 0 Å². The Bertz CT molecular complexity index is 117. The average Bonchev–Trinajstić information content (AvgIpc) is 2.09. The van der Waals surface area contributed by atoms with E-state index >= 15 is 0 Å². The van der Waals surface area contributed by atoms with Gasteiger partial charge in [-0.1, -0.05) is 25.7 Å². The van der Waals surface area contributed by atoms with Gasteiger partial charge in [-0.05, 0) is 12.8 Å². The minimum Gasteiger partial charge on any atom is -0.447 e. The van der Waals surface area contributed by atoms with Crippen molar-refractivity contribution in [2.45, 2.75) is 33.1 Å². The first kappa shape index (κ1) is 11.2. The van der Waals surface area contributed by atoms with Crippen molar-refractivity contribution in [2.75, 3.05) is 13.2 Å². The largest absolute Gasteiger partial charge is 0.456 e. The van der Waals surface area contributed by atoms with E-state index < -0.39 is 6.09 Å². The van der Waals surface area contributed by atoms with E-state index in [0.717, 1.165) is 19.3 Å². The Labute approximate surface area is 73.2 Å². The molecule has 0 aliphatic heterocycles. The van der Waals surface area contributed by atoms with Gasteiger partial charge < -0.3 is 4.74 Å². The van der Waals surface area contributed by atoms with E-state index in [0.29, 0.717) is 13.2 Å². The molecule has 0 saturated heterocycles. The summed E-state index contributed by atoms with van der Waals surface area (Å²) in [6.07, 6.45) is 2.10. The van der Waals surface area contributed by atoms with Crippen LogP contribution in [-0.4, -0.2) is 19.3 Å². The fourth-order valence-corrected chi connectivity index (χ4v) is 0.523. The van der Waals surface area contributed by atoms with Crippen LogP contribution in [0.25, 0.3) is 0 Å². The number of hydroxylamine groups is 1. The highest BCUT2D eigenvalue weighted by Gasteiger charge is 2.02. The summed E-state index contributed by atoms with van der Waals surface area (Å²) in [5, 5.41) is 0. The van der Waals surface area contributed by atoms with Gasteiger partial charge in [0, 0.05) is 0 Å². The molecular weight excluding hydrogens is 158 g/mol. The van der Waals surface area contributed by atoms with Gasteiger partial charge in [0.05, 0.1) is 13.2 Å². The third-order valence-electron chi connectivity index (χ3n) is 1.16. The standard InChI is InChI=1S/C8H16NO3/c1-3-5-7-12-9-8(10)11-6-4-2/h3-7H2,1-2H3. The lowest BCUT2D eigenvalue weighted by molar-refractivity contribution is 0.0206. The summed E-state index contributed by atoms with van der Waals surface area (Å²) in [4.78, 5) is 15.3. The molecule has 0 heterocycles. The predicted molar refractivity (Wildman–Crippen MR) is 44.6 cm³/mol. The molecule has 12 heavy (non-hydrogen) atoms. The van der Waals surface area contributed by atoms with Crippen molar-refractivity contribution in [2.24, 2.45) is 0 Å². The number of ether oxygens (including phenoxy) is 1. The predicted octanol–water partition coefficient (Wildman–Crippen LogP) is 1.87. The van der Waals surface area contributed by atoms with Crippen molar-refractivity contribution in [3.8, 4) is 0 Å². The topological polar surface area (TPSA) is 49.6 Å². The maximum atomic E-state index is 10.7. The summed E-state index contributed by atoms with van der Waals surface area (Å²) in [6, 6.07) is 0. The first-order chi connectivity index (χ1) is 5.81. The second-order valence-electron chi connectivity index (χ2n) is 2.39. The Morgan fingerprint density at radius 1 is 1.25 bits per heavy atom. The highest BCUT2D eigenvalue weighted by Crippen LogP contribution is 1.88. The van der Waals surface area contributed by atoms with Crippen molar-refractivity contribution >= 4 is 6.09 Å². The molecule has 71 valence electrons. The molecule has 4 heteroatoms. The van der Waals surface area contributed by atoms with Crippen molar-refractivity contribution < 1.29 is 14.4 Å². The molecule has 0 spiro atoms. The number of rotatable bonds is 6. The maximum absolute atomic E-state index is 10.7. The molecule has 0 aromatic carbocycles. The zero-order chi connectivity index (χ0) is 9.23. The van der Waals surface area contributed by atoms with Crippen LogP contribution in [0, 0.1) is 0 Å². The van der Waals surface area contributed by atoms with Gasteiger partial charge in [-0.15, -0.1) is 0 Å². The summed E-state index contributed by atoms with van der Waals surface area (Å²) >= 11 is 0. The molecule has 1 radical (unpaired) electrons. The molecule has 0 fully saturated rings. The second-order valence-corrected chi connectivity index (χ2v) is 2.39. The molecule has 0 rings (SSSR count). The van der Waals surface area contributed by atoms with Gasteiger partial charge in [-0.3, -0.25) is 0 Å². The van der Waals surface area contributed by atoms with E-state index in [2.05, 4.69) is 15.1 Å². The number of carbonyl (C=O) groups is 1. The molecule has 1 amide bonds. The van der Waals surface area contributed by atoms with Gasteiger partial charge >= 0.3 is 6.09 Å². The average molecular weight is 174 g/mol. The van der Waals surface area contributed by atoms with Crippen LogP contribution < -0.4 is 5.48 Å². The molecular formula is C8H16NO3. The number of amides is 1. The highest BCUT2D eigenvalue weighted by atomic mass is 16.7. The van der Waals surface area contributed by atoms with Gasteiger partial charge in [-0.25, -0.2) is 9.63 Å². The maximum Gasteiger partial charge on any atom is 0.456 e. The van der Waals surface area contributed by atoms with E-state index in [1.54, 1.807) is 0 Å². The molecule has 0 unspecified atom stereocenters. The quantitative estimate of drug-likeness (QED) is 0.456. The van der Waals surface area contributed by atoms with Crippen molar-refractivity contribution in [1.29, 1.82) is 0 Å². The number of hydrogen-bond donors (Lipinski definition) is 0. The minimum atomic E-state index is -0.632. The Kier molecular flexibility index (Phi) is 7.79. The Morgan fingerprint density at radius 3 is 2.58 bits per heavy atom. The fraction of sp³-hybridized carbons (Fsp3) is 0.875. The van der Waals surface area contributed by atoms with Gasteiger partial charge in [0.1, 0.15) is 0 Å². The van der Waals surface area contributed by atoms with Crippen molar-refractivity contribution in [3.63, 3.8) is 0 Å². The van der Waals surface area contributed by atoms with E-state index in [-0.39, 0.29) is 0 Å². The van der Waals surface area contributed by atoms with Crippen LogP contribution in [0.1, 0.15) is 33.1 Å². The molecule has 0 saturated carbocycles. The van der Waals surface area contributed by atoms with Crippen molar-refractivity contribution in [3.05, 3.63) is 0 Å². The Balaban J connectivity index is 3.08. The monoisotopic (exact) mass is 174 g/mol. The first-order valence-electron chi connectivity index (χ1n) is 4.31. The lowest BCUT2D eigenvalue weighted by atomic mass is 10.4. The summed E-state index contributed by atoms with van der Waals surface area (Å²) in [5.74, 6) is 0. The Morgan fingerprint density at radius 2 is 2.00 bits per heavy atom. The summed E-state index contributed by atoms with van der Waals surface area (Å²) in [7, 11) is 0. The zero-order valence-corrected chi connectivity index (χ0v) is 7.71. The van der Waals surface area contributed by atoms with E-state index in [9.17, 15) is 4.79 Å². The highest BCUT2D eigenvalue weighted by molar-refractivity contribution is 5.65. The van der Waals surface area contributed by atoms with Crippen molar-refractivity contribution in [1.82, 2.24) is 5.48 Å². The third kappa shape index (κ3) is 7.34. The molecule has 0 aromatic heterocycles. The normalized spacial score (nSPS) is 9.50. The summed E-state index contributed by atoms with van der Waals surface area (Å²) < 4.78 is 4.64. The van der Waals surface area contributed by atoms with Crippen LogP contribution in [0.15, 0.2) is 0 Å². The minimum absolute atomic E-state index is 0.402. The SMILES string of the molecule is CCCCO[N]C(=O)OCCC. The number of hydrogen-bond acceptors (Lipinski definition) is 3. The lowest BCUT2D eigenvalue weighted by Gasteiger charge is -2.01. The van der Waals surface area contributed by atoms with E-state index in [4.69, 9.17) is 0 Å². The third-order valence-corrected chi connectivity index (χ3v) is 1.16. The lowest BCUT2D eigenvalue weighted by Crippen LogP contribution is -2.18. The smallest absolute Gasteiger partial charge is 0.447 e. The van der Waals surface area contributed by atoms with Gasteiger partial charge in [0.25, 0.3) is 0 Å². The molecule has 0 aliphatic rings. The molecule has 4 nitrogen and oxygen atoms in total. The fourth-order valence-electron chi connectivity index (χ4n) is 0.523. The van der Waals surface area contributed by atoms with Crippen LogP contribution in [0.4, 0.5) is 4.79 Å². The van der Waals surface area contributed by atoms with Gasteiger partial charge in [-0.2, -0.15) is 0 Å². The first-order valence-corrected chi connectivity index (χ1v) is 4.31. The van der Waals surface area contributed by atoms with Crippen LogP contribution in [-0.2, 0) is 9.57 Å². The second kappa shape index (κ2) is 8.33. The van der Waals surface area contributed by atoms with E-state index in [1.165, 1.54) is 0 Å². The Hall–Kier alpha value is -0.770. The zero-order valence-electron chi connectivity index (χ0n) is 7.71. The molecule has 0 N–H and O–H groups in total. The molecule has 0 bridgehead atoms. The number of unbranched alkanes of at least 4 members (excludes halogenated alkanes) is 1. The van der Waals surface area contributed by atoms with E-state index in [1.807, 2.05) is 13.8 Å². The van der Waals surface area contributed by atoms with Gasteiger partial charge in [0.15, 0.2) is 0 Å². The summed E-state index contributed by atoms with van der Waals surface area (Å²) in [5.41, 5.74) is 3.24. The van der Waals surface area contributed by atoms with Gasteiger partial charge in [0.2, 0.25) is 0 Å². The van der Waals surface area contributed by atoms with Crippen LogP contribution in [0.5, 0.6) is 0 Å². The van der Waals surface area contributed by atoms with Crippen LogP contribution in [0.2, 0.25) is 0 Å². The summed E-state index contributed by atoms with van der Waals surface area (Å²) in [6.45, 7) is 4.85. The number of carbonyl (C=O) groups excluding carboxylic acids is 1. The number of nitrogens with zero attached hydrogens (tertiary/aromatic N) is 1.